The van der Waals surface area contributed by atoms with Gasteiger partial charge in [0.15, 0.2) is 11.0 Å². The molecule has 4 heteroatoms. The van der Waals surface area contributed by atoms with Crippen LogP contribution in [0.25, 0.3) is 0 Å². The molecule has 2 aromatic rings. The highest BCUT2D eigenvalue weighted by Gasteiger charge is 2.09. The second-order valence-electron chi connectivity index (χ2n) is 3.49. The highest BCUT2D eigenvalue weighted by molar-refractivity contribution is 6.29. The van der Waals surface area contributed by atoms with E-state index in [2.05, 4.69) is 9.97 Å². The minimum atomic E-state index is -0.543. The standard InChI is InChI=1S/C12H10ClFN2/c1-8-11(14)12(13)16-10(15-8)7-9-5-3-2-4-6-9/h2-6H,7H2,1H3. The van der Waals surface area contributed by atoms with Gasteiger partial charge in [-0.1, -0.05) is 41.9 Å². The number of rotatable bonds is 2. The summed E-state index contributed by atoms with van der Waals surface area (Å²) in [7, 11) is 0. The molecular weight excluding hydrogens is 227 g/mol. The first-order valence-corrected chi connectivity index (χ1v) is 5.27. The molecule has 0 atom stereocenters. The Bertz CT molecular complexity index is 477. The normalized spacial score (nSPS) is 10.4. The zero-order chi connectivity index (χ0) is 11.5. The van der Waals surface area contributed by atoms with Crippen molar-refractivity contribution in [3.05, 3.63) is 58.4 Å². The zero-order valence-corrected chi connectivity index (χ0v) is 9.50. The van der Waals surface area contributed by atoms with Gasteiger partial charge in [-0.05, 0) is 12.5 Å². The third-order valence-corrected chi connectivity index (χ3v) is 2.48. The Morgan fingerprint density at radius 2 is 1.88 bits per heavy atom. The third kappa shape index (κ3) is 2.36. The van der Waals surface area contributed by atoms with E-state index in [9.17, 15) is 4.39 Å². The first kappa shape index (κ1) is 11.0. The fourth-order valence-corrected chi connectivity index (χ4v) is 1.67. The van der Waals surface area contributed by atoms with Gasteiger partial charge in [-0.15, -0.1) is 0 Å². The Hall–Kier alpha value is -1.48. The fourth-order valence-electron chi connectivity index (χ4n) is 1.44. The van der Waals surface area contributed by atoms with Gasteiger partial charge in [0, 0.05) is 6.42 Å². The van der Waals surface area contributed by atoms with Gasteiger partial charge in [-0.25, -0.2) is 14.4 Å². The van der Waals surface area contributed by atoms with Gasteiger partial charge >= 0.3 is 0 Å². The van der Waals surface area contributed by atoms with Crippen LogP contribution in [-0.2, 0) is 6.42 Å². The molecule has 0 bridgehead atoms. The number of nitrogens with zero attached hydrogens (tertiary/aromatic N) is 2. The molecule has 0 aliphatic heterocycles. The lowest BCUT2D eigenvalue weighted by atomic mass is 10.1. The van der Waals surface area contributed by atoms with E-state index in [1.165, 1.54) is 0 Å². The summed E-state index contributed by atoms with van der Waals surface area (Å²) >= 11 is 5.66. The smallest absolute Gasteiger partial charge is 0.181 e. The molecule has 0 spiro atoms. The first-order valence-electron chi connectivity index (χ1n) is 4.89. The maximum Gasteiger partial charge on any atom is 0.181 e. The number of aryl methyl sites for hydroxylation is 1. The zero-order valence-electron chi connectivity index (χ0n) is 8.74. The summed E-state index contributed by atoms with van der Waals surface area (Å²) in [4.78, 5) is 7.97. The SMILES string of the molecule is Cc1nc(Cc2ccccc2)nc(Cl)c1F. The van der Waals surface area contributed by atoms with Crippen LogP contribution in [0.2, 0.25) is 5.15 Å². The van der Waals surface area contributed by atoms with Crippen LogP contribution < -0.4 is 0 Å². The molecule has 1 heterocycles. The van der Waals surface area contributed by atoms with Gasteiger partial charge in [0.1, 0.15) is 5.82 Å². The van der Waals surface area contributed by atoms with E-state index in [1.807, 2.05) is 30.3 Å². The monoisotopic (exact) mass is 236 g/mol. The van der Waals surface area contributed by atoms with E-state index in [0.717, 1.165) is 5.56 Å². The molecule has 0 fully saturated rings. The molecular formula is C12H10ClFN2. The molecule has 16 heavy (non-hydrogen) atoms. The van der Waals surface area contributed by atoms with E-state index in [-0.39, 0.29) is 10.8 Å². The summed E-state index contributed by atoms with van der Waals surface area (Å²) in [6, 6.07) is 9.75. The van der Waals surface area contributed by atoms with Gasteiger partial charge in [-0.2, -0.15) is 0 Å². The van der Waals surface area contributed by atoms with E-state index in [1.54, 1.807) is 6.92 Å². The van der Waals surface area contributed by atoms with E-state index in [4.69, 9.17) is 11.6 Å². The number of aromatic nitrogens is 2. The van der Waals surface area contributed by atoms with Crippen molar-refractivity contribution in [1.29, 1.82) is 0 Å². The van der Waals surface area contributed by atoms with Crippen molar-refractivity contribution in [3.8, 4) is 0 Å². The number of benzene rings is 1. The van der Waals surface area contributed by atoms with Gasteiger partial charge in [-0.3, -0.25) is 0 Å². The van der Waals surface area contributed by atoms with Crippen LogP contribution in [0.3, 0.4) is 0 Å². The lowest BCUT2D eigenvalue weighted by Gasteiger charge is -2.03. The molecule has 0 unspecified atom stereocenters. The second-order valence-corrected chi connectivity index (χ2v) is 3.85. The van der Waals surface area contributed by atoms with E-state index >= 15 is 0 Å². The average Bonchev–Trinajstić information content (AvgIpc) is 2.27. The molecule has 2 nitrogen and oxygen atoms in total. The van der Waals surface area contributed by atoms with Gasteiger partial charge in [0.05, 0.1) is 5.69 Å². The van der Waals surface area contributed by atoms with Crippen molar-refractivity contribution in [1.82, 2.24) is 9.97 Å². The summed E-state index contributed by atoms with van der Waals surface area (Å²) in [6.45, 7) is 1.58. The number of hydrogen-bond donors (Lipinski definition) is 0. The molecule has 0 saturated heterocycles. The predicted octanol–water partition coefficient (Wildman–Crippen LogP) is 3.17. The molecule has 0 aliphatic rings. The fraction of sp³-hybridized carbons (Fsp3) is 0.167. The summed E-state index contributed by atoms with van der Waals surface area (Å²) < 4.78 is 13.2. The summed E-state index contributed by atoms with van der Waals surface area (Å²) in [5, 5.41) is -0.113. The van der Waals surface area contributed by atoms with Crippen LogP contribution in [-0.4, -0.2) is 9.97 Å². The van der Waals surface area contributed by atoms with Gasteiger partial charge in [0.2, 0.25) is 0 Å². The topological polar surface area (TPSA) is 25.8 Å². The van der Waals surface area contributed by atoms with E-state index in [0.29, 0.717) is 12.2 Å². The number of halogens is 2. The summed E-state index contributed by atoms with van der Waals surface area (Å²) in [5.41, 5.74) is 1.36. The van der Waals surface area contributed by atoms with Crippen LogP contribution in [0.5, 0.6) is 0 Å². The van der Waals surface area contributed by atoms with Crippen molar-refractivity contribution in [2.45, 2.75) is 13.3 Å². The molecule has 1 aromatic carbocycles. The molecule has 1 aromatic heterocycles. The van der Waals surface area contributed by atoms with Crippen molar-refractivity contribution < 1.29 is 4.39 Å². The van der Waals surface area contributed by atoms with Crippen LogP contribution in [0.1, 0.15) is 17.1 Å². The molecule has 2 rings (SSSR count). The van der Waals surface area contributed by atoms with Crippen LogP contribution in [0.4, 0.5) is 4.39 Å². The molecule has 82 valence electrons. The number of hydrogen-bond acceptors (Lipinski definition) is 2. The van der Waals surface area contributed by atoms with Crippen LogP contribution in [0.15, 0.2) is 30.3 Å². The maximum atomic E-state index is 13.2. The minimum Gasteiger partial charge on any atom is -0.235 e. The van der Waals surface area contributed by atoms with Gasteiger partial charge < -0.3 is 0 Å². The highest BCUT2D eigenvalue weighted by atomic mass is 35.5. The predicted molar refractivity (Wildman–Crippen MR) is 61.0 cm³/mol. The molecule has 0 saturated carbocycles. The molecule has 0 N–H and O–H groups in total. The van der Waals surface area contributed by atoms with Crippen molar-refractivity contribution in [2.24, 2.45) is 0 Å². The molecule has 0 radical (unpaired) electrons. The van der Waals surface area contributed by atoms with Crippen molar-refractivity contribution in [2.75, 3.05) is 0 Å². The third-order valence-electron chi connectivity index (χ3n) is 2.23. The largest absolute Gasteiger partial charge is 0.235 e. The lowest BCUT2D eigenvalue weighted by molar-refractivity contribution is 0.597. The Morgan fingerprint density at radius 3 is 2.50 bits per heavy atom. The molecule has 0 aliphatic carbocycles. The Kier molecular flexibility index (Phi) is 3.15. The Labute approximate surface area is 98.1 Å². The Balaban J connectivity index is 2.29. The minimum absolute atomic E-state index is 0.113. The second kappa shape index (κ2) is 4.58. The maximum absolute atomic E-state index is 13.2. The lowest BCUT2D eigenvalue weighted by Crippen LogP contribution is -2.02. The quantitative estimate of drug-likeness (QED) is 0.749. The van der Waals surface area contributed by atoms with E-state index < -0.39 is 5.82 Å². The Morgan fingerprint density at radius 1 is 1.19 bits per heavy atom. The van der Waals surface area contributed by atoms with Crippen molar-refractivity contribution >= 4 is 11.6 Å². The van der Waals surface area contributed by atoms with Crippen LogP contribution in [0, 0.1) is 12.7 Å². The summed E-state index contributed by atoms with van der Waals surface area (Å²) in [5.74, 6) is -0.00595. The first-order chi connectivity index (χ1) is 7.66. The molecule has 0 amide bonds. The summed E-state index contributed by atoms with van der Waals surface area (Å²) in [6.07, 6.45) is 0.557. The van der Waals surface area contributed by atoms with Gasteiger partial charge in [0.25, 0.3) is 0 Å². The highest BCUT2D eigenvalue weighted by Crippen LogP contribution is 2.15. The van der Waals surface area contributed by atoms with Crippen molar-refractivity contribution in [3.63, 3.8) is 0 Å². The average molecular weight is 237 g/mol. The van der Waals surface area contributed by atoms with Crippen LogP contribution >= 0.6 is 11.6 Å².